The Labute approximate surface area is 68.1 Å². The monoisotopic (exact) mass is 158 g/mol. The van der Waals surface area contributed by atoms with E-state index in [9.17, 15) is 0 Å². The summed E-state index contributed by atoms with van der Waals surface area (Å²) in [4.78, 5) is 1.37. The Hall–Kier alpha value is -0.530. The van der Waals surface area contributed by atoms with Gasteiger partial charge in [-0.2, -0.15) is 0 Å². The summed E-state index contributed by atoms with van der Waals surface area (Å²) in [5.74, 6) is 0. The van der Waals surface area contributed by atoms with Gasteiger partial charge in [-0.3, -0.25) is 0 Å². The number of hydrogen-bond acceptors (Lipinski definition) is 0. The van der Waals surface area contributed by atoms with E-state index in [4.69, 9.17) is 0 Å². The smallest absolute Gasteiger partial charge is 0.130 e. The molecule has 0 aliphatic rings. The molecule has 0 saturated carbocycles. The number of quaternary nitrogens is 1. The summed E-state index contributed by atoms with van der Waals surface area (Å²) in [7, 11) is 4.24. The predicted octanol–water partition coefficient (Wildman–Crippen LogP) is 0.884. The summed E-state index contributed by atoms with van der Waals surface area (Å²) in [5, 5.41) is 0. The fraction of sp³-hybridized carbons (Fsp3) is 0.250. The molecule has 1 aromatic rings. The van der Waals surface area contributed by atoms with Crippen molar-refractivity contribution < 1.29 is 4.90 Å². The molecule has 56 valence electrons. The standard InChI is InChI=1S/C8H11N.ClH/c1-9(2)8-6-4-3-5-7-8;/h3-7H,1-2H3;1H/p+1. The largest absolute Gasteiger partial charge is 0.307 e. The van der Waals surface area contributed by atoms with Gasteiger partial charge >= 0.3 is 0 Å². The summed E-state index contributed by atoms with van der Waals surface area (Å²) >= 11 is 0. The third-order valence-corrected chi connectivity index (χ3v) is 1.35. The minimum Gasteiger partial charge on any atom is -0.307 e. The summed E-state index contributed by atoms with van der Waals surface area (Å²) < 4.78 is 0. The maximum atomic E-state index is 2.12. The lowest BCUT2D eigenvalue weighted by molar-refractivity contribution is -0.786. The van der Waals surface area contributed by atoms with Crippen molar-refractivity contribution >= 4 is 18.1 Å². The number of benzene rings is 1. The van der Waals surface area contributed by atoms with Crippen LogP contribution in [0.5, 0.6) is 0 Å². The normalized spacial score (nSPS) is 9.10. The van der Waals surface area contributed by atoms with Crippen molar-refractivity contribution in [3.63, 3.8) is 0 Å². The Morgan fingerprint density at radius 3 is 1.80 bits per heavy atom. The Morgan fingerprint density at radius 1 is 1.00 bits per heavy atom. The molecule has 1 N–H and O–H groups in total. The first-order valence-electron chi connectivity index (χ1n) is 3.16. The molecule has 0 radical (unpaired) electrons. The Bertz CT molecular complexity index is 172. The molecule has 0 heterocycles. The number of rotatable bonds is 1. The van der Waals surface area contributed by atoms with Crippen LogP contribution in [-0.2, 0) is 0 Å². The van der Waals surface area contributed by atoms with Crippen molar-refractivity contribution in [1.82, 2.24) is 0 Å². The second-order valence-electron chi connectivity index (χ2n) is 2.37. The third-order valence-electron chi connectivity index (χ3n) is 1.35. The SMILES string of the molecule is C[NH+](C)c1ccccc1.Cl. The maximum absolute atomic E-state index is 2.12. The van der Waals surface area contributed by atoms with Crippen LogP contribution in [0.1, 0.15) is 0 Å². The van der Waals surface area contributed by atoms with Crippen LogP contribution >= 0.6 is 12.4 Å². The average Bonchev–Trinajstić information content (AvgIpc) is 1.90. The zero-order chi connectivity index (χ0) is 6.69. The molecular formula is C8H13ClN+. The molecule has 0 atom stereocenters. The molecular weight excluding hydrogens is 146 g/mol. The molecule has 2 heteroatoms. The van der Waals surface area contributed by atoms with Gasteiger partial charge in [0.05, 0.1) is 14.1 Å². The van der Waals surface area contributed by atoms with Gasteiger partial charge in [0, 0.05) is 0 Å². The quantitative estimate of drug-likeness (QED) is 0.619. The van der Waals surface area contributed by atoms with Gasteiger partial charge in [-0.25, -0.2) is 0 Å². The van der Waals surface area contributed by atoms with Crippen LogP contribution in [0.2, 0.25) is 0 Å². The minimum atomic E-state index is 0. The van der Waals surface area contributed by atoms with Crippen LogP contribution in [0.4, 0.5) is 5.69 Å². The van der Waals surface area contributed by atoms with Gasteiger partial charge in [0.1, 0.15) is 5.69 Å². The van der Waals surface area contributed by atoms with Crippen molar-refractivity contribution in [2.24, 2.45) is 0 Å². The molecule has 0 fully saturated rings. The van der Waals surface area contributed by atoms with E-state index in [-0.39, 0.29) is 12.4 Å². The fourth-order valence-electron chi connectivity index (χ4n) is 0.771. The van der Waals surface area contributed by atoms with Gasteiger partial charge in [0.25, 0.3) is 0 Å². The van der Waals surface area contributed by atoms with Gasteiger partial charge < -0.3 is 4.90 Å². The molecule has 0 saturated heterocycles. The number of para-hydroxylation sites is 1. The first-order chi connectivity index (χ1) is 4.30. The molecule has 0 bridgehead atoms. The topological polar surface area (TPSA) is 4.44 Å². The highest BCUT2D eigenvalue weighted by Gasteiger charge is 1.93. The molecule has 0 aliphatic carbocycles. The molecule has 0 aromatic heterocycles. The molecule has 0 aliphatic heterocycles. The maximum Gasteiger partial charge on any atom is 0.130 e. The molecule has 1 aromatic carbocycles. The highest BCUT2D eigenvalue weighted by atomic mass is 35.5. The fourth-order valence-corrected chi connectivity index (χ4v) is 0.771. The van der Waals surface area contributed by atoms with Crippen molar-refractivity contribution in [1.29, 1.82) is 0 Å². The van der Waals surface area contributed by atoms with E-state index in [1.165, 1.54) is 10.6 Å². The second-order valence-corrected chi connectivity index (χ2v) is 2.37. The van der Waals surface area contributed by atoms with E-state index < -0.39 is 0 Å². The number of halogens is 1. The van der Waals surface area contributed by atoms with Crippen molar-refractivity contribution in [2.45, 2.75) is 0 Å². The van der Waals surface area contributed by atoms with Crippen LogP contribution in [0.3, 0.4) is 0 Å². The predicted molar refractivity (Wildman–Crippen MR) is 46.2 cm³/mol. The lowest BCUT2D eigenvalue weighted by Crippen LogP contribution is -3.00. The van der Waals surface area contributed by atoms with Crippen LogP contribution in [-0.4, -0.2) is 14.1 Å². The first-order valence-corrected chi connectivity index (χ1v) is 3.16. The first kappa shape index (κ1) is 9.47. The van der Waals surface area contributed by atoms with Crippen LogP contribution in [0, 0.1) is 0 Å². The zero-order valence-corrected chi connectivity index (χ0v) is 7.11. The summed E-state index contributed by atoms with van der Waals surface area (Å²) in [6.45, 7) is 0. The number of nitrogens with one attached hydrogen (secondary N) is 1. The van der Waals surface area contributed by atoms with E-state index in [1.54, 1.807) is 0 Å². The number of hydrogen-bond donors (Lipinski definition) is 1. The molecule has 0 spiro atoms. The van der Waals surface area contributed by atoms with Crippen LogP contribution in [0.25, 0.3) is 0 Å². The lowest BCUT2D eigenvalue weighted by Gasteiger charge is -2.03. The second kappa shape index (κ2) is 4.31. The highest BCUT2D eigenvalue weighted by Crippen LogP contribution is 1.95. The van der Waals surface area contributed by atoms with E-state index >= 15 is 0 Å². The minimum absolute atomic E-state index is 0. The van der Waals surface area contributed by atoms with Gasteiger partial charge in [-0.15, -0.1) is 12.4 Å². The van der Waals surface area contributed by atoms with Gasteiger partial charge in [-0.1, -0.05) is 18.2 Å². The van der Waals surface area contributed by atoms with Gasteiger partial charge in [0.15, 0.2) is 0 Å². The summed E-state index contributed by atoms with van der Waals surface area (Å²) in [6.07, 6.45) is 0. The molecule has 1 rings (SSSR count). The highest BCUT2D eigenvalue weighted by molar-refractivity contribution is 5.85. The zero-order valence-electron chi connectivity index (χ0n) is 6.29. The lowest BCUT2D eigenvalue weighted by atomic mass is 10.3. The Kier molecular flexibility index (Phi) is 4.08. The molecule has 0 unspecified atom stereocenters. The van der Waals surface area contributed by atoms with Crippen LogP contribution in [0.15, 0.2) is 30.3 Å². The van der Waals surface area contributed by atoms with E-state index in [0.717, 1.165) is 0 Å². The molecule has 0 amide bonds. The van der Waals surface area contributed by atoms with Gasteiger partial charge in [-0.05, 0) is 12.1 Å². The Balaban J connectivity index is 0.000000810. The van der Waals surface area contributed by atoms with Gasteiger partial charge in [0.2, 0.25) is 0 Å². The molecule has 1 nitrogen and oxygen atoms in total. The van der Waals surface area contributed by atoms with E-state index in [2.05, 4.69) is 38.4 Å². The van der Waals surface area contributed by atoms with E-state index in [0.29, 0.717) is 0 Å². The molecule has 10 heavy (non-hydrogen) atoms. The van der Waals surface area contributed by atoms with E-state index in [1.807, 2.05) is 6.07 Å². The van der Waals surface area contributed by atoms with Crippen molar-refractivity contribution in [2.75, 3.05) is 14.1 Å². The summed E-state index contributed by atoms with van der Waals surface area (Å²) in [6, 6.07) is 10.4. The summed E-state index contributed by atoms with van der Waals surface area (Å²) in [5.41, 5.74) is 1.33. The Morgan fingerprint density at radius 2 is 1.50 bits per heavy atom. The van der Waals surface area contributed by atoms with Crippen molar-refractivity contribution in [3.05, 3.63) is 30.3 Å². The van der Waals surface area contributed by atoms with Crippen molar-refractivity contribution in [3.8, 4) is 0 Å². The third kappa shape index (κ3) is 2.38. The average molecular weight is 159 g/mol. The van der Waals surface area contributed by atoms with Crippen LogP contribution < -0.4 is 4.90 Å².